The highest BCUT2D eigenvalue weighted by atomic mass is 35.5. The van der Waals surface area contributed by atoms with E-state index >= 15 is 0 Å². The molecule has 0 atom stereocenters. The van der Waals surface area contributed by atoms with Crippen LogP contribution in [0.1, 0.15) is 38.4 Å². The lowest BCUT2D eigenvalue weighted by Gasteiger charge is -2.00. The van der Waals surface area contributed by atoms with Gasteiger partial charge in [-0.05, 0) is 12.8 Å². The van der Waals surface area contributed by atoms with E-state index in [4.69, 9.17) is 11.6 Å². The molecule has 0 fully saturated rings. The van der Waals surface area contributed by atoms with Gasteiger partial charge in [-0.1, -0.05) is 19.8 Å². The van der Waals surface area contributed by atoms with Gasteiger partial charge in [0, 0.05) is 30.4 Å². The Bertz CT molecular complexity index is 265. The number of nitrogens with one attached hydrogen (secondary N) is 1. The number of anilines is 1. The third kappa shape index (κ3) is 5.33. The van der Waals surface area contributed by atoms with Crippen LogP contribution in [0.25, 0.3) is 0 Å². The molecule has 0 radical (unpaired) electrons. The Kier molecular flexibility index (Phi) is 6.68. The van der Waals surface area contributed by atoms with Gasteiger partial charge >= 0.3 is 0 Å². The van der Waals surface area contributed by atoms with Gasteiger partial charge in [0.1, 0.15) is 5.82 Å². The molecule has 0 aliphatic carbocycles. The molecule has 1 aromatic rings. The second-order valence-electron chi connectivity index (χ2n) is 3.40. The highest BCUT2D eigenvalue weighted by Gasteiger charge is 2.00. The predicted molar refractivity (Wildman–Crippen MR) is 67.0 cm³/mol. The van der Waals surface area contributed by atoms with E-state index < -0.39 is 0 Å². The quantitative estimate of drug-likeness (QED) is 0.566. The van der Waals surface area contributed by atoms with Crippen LogP contribution < -0.4 is 5.32 Å². The average molecular weight is 248 g/mol. The van der Waals surface area contributed by atoms with Crippen LogP contribution in [0.15, 0.2) is 0 Å². The molecule has 0 saturated carbocycles. The molecule has 0 aromatic carbocycles. The van der Waals surface area contributed by atoms with E-state index in [0.29, 0.717) is 0 Å². The number of hydrogen-bond donors (Lipinski definition) is 1. The summed E-state index contributed by atoms with van der Waals surface area (Å²) in [4.78, 5) is 4.34. The van der Waals surface area contributed by atoms with Gasteiger partial charge in [-0.25, -0.2) is 4.98 Å². The van der Waals surface area contributed by atoms with Gasteiger partial charge < -0.3 is 5.32 Å². The van der Waals surface area contributed by atoms with Gasteiger partial charge in [0.15, 0.2) is 0 Å². The highest BCUT2D eigenvalue weighted by Crippen LogP contribution is 2.11. The van der Waals surface area contributed by atoms with E-state index in [1.54, 1.807) is 0 Å². The summed E-state index contributed by atoms with van der Waals surface area (Å²) in [5.74, 6) is 1.72. The molecule has 3 nitrogen and oxygen atoms in total. The van der Waals surface area contributed by atoms with Gasteiger partial charge in [0.25, 0.3) is 0 Å². The maximum absolute atomic E-state index is 5.60. The number of aromatic nitrogens is 2. The SMILES string of the molecule is CCc1nsc(NCCCCCCCl)n1. The topological polar surface area (TPSA) is 37.8 Å². The Morgan fingerprint density at radius 3 is 2.73 bits per heavy atom. The van der Waals surface area contributed by atoms with E-state index in [9.17, 15) is 0 Å². The Labute approximate surface area is 100 Å². The van der Waals surface area contributed by atoms with E-state index in [-0.39, 0.29) is 0 Å². The molecule has 0 aliphatic heterocycles. The number of nitrogens with zero attached hydrogens (tertiary/aromatic N) is 2. The molecule has 0 bridgehead atoms. The van der Waals surface area contributed by atoms with E-state index in [1.165, 1.54) is 30.8 Å². The first-order chi connectivity index (χ1) is 7.36. The first-order valence-electron chi connectivity index (χ1n) is 5.49. The fourth-order valence-electron chi connectivity index (χ4n) is 1.24. The summed E-state index contributed by atoms with van der Waals surface area (Å²) in [6.45, 7) is 3.05. The largest absolute Gasteiger partial charge is 0.360 e. The molecule has 5 heteroatoms. The lowest BCUT2D eigenvalue weighted by molar-refractivity contribution is 0.687. The second-order valence-corrected chi connectivity index (χ2v) is 4.53. The molecule has 1 N–H and O–H groups in total. The molecular weight excluding hydrogens is 230 g/mol. The molecule has 0 amide bonds. The maximum Gasteiger partial charge on any atom is 0.202 e. The maximum atomic E-state index is 5.60. The molecule has 0 spiro atoms. The summed E-state index contributed by atoms with van der Waals surface area (Å²) in [5.41, 5.74) is 0. The minimum absolute atomic E-state index is 0.781. The Balaban J connectivity index is 2.04. The summed E-state index contributed by atoms with van der Waals surface area (Å²) >= 11 is 7.05. The normalized spacial score (nSPS) is 10.5. The van der Waals surface area contributed by atoms with Gasteiger partial charge in [-0.3, -0.25) is 0 Å². The molecular formula is C10H18ClN3S. The van der Waals surface area contributed by atoms with Crippen molar-refractivity contribution >= 4 is 28.3 Å². The molecule has 0 unspecified atom stereocenters. The van der Waals surface area contributed by atoms with Crippen molar-refractivity contribution in [2.45, 2.75) is 39.0 Å². The first-order valence-corrected chi connectivity index (χ1v) is 6.80. The van der Waals surface area contributed by atoms with E-state index in [2.05, 4.69) is 21.6 Å². The second kappa shape index (κ2) is 7.88. The zero-order chi connectivity index (χ0) is 10.9. The molecule has 0 aliphatic rings. The van der Waals surface area contributed by atoms with Gasteiger partial charge in [-0.15, -0.1) is 11.6 Å². The lowest BCUT2D eigenvalue weighted by Crippen LogP contribution is -2.01. The van der Waals surface area contributed by atoms with Crippen molar-refractivity contribution in [2.75, 3.05) is 17.7 Å². The first kappa shape index (κ1) is 12.7. The number of aryl methyl sites for hydroxylation is 1. The van der Waals surface area contributed by atoms with Crippen LogP contribution in [-0.4, -0.2) is 21.8 Å². The van der Waals surface area contributed by atoms with Crippen molar-refractivity contribution in [1.82, 2.24) is 9.36 Å². The minimum atomic E-state index is 0.781. The smallest absolute Gasteiger partial charge is 0.202 e. The average Bonchev–Trinajstić information content (AvgIpc) is 2.71. The van der Waals surface area contributed by atoms with Crippen molar-refractivity contribution in [3.8, 4) is 0 Å². The van der Waals surface area contributed by atoms with Gasteiger partial charge in [0.05, 0.1) is 0 Å². The fraction of sp³-hybridized carbons (Fsp3) is 0.800. The predicted octanol–water partition coefficient (Wildman–Crippen LogP) is 3.31. The molecule has 1 aromatic heterocycles. The molecule has 1 heterocycles. The van der Waals surface area contributed by atoms with Crippen molar-refractivity contribution < 1.29 is 0 Å². The van der Waals surface area contributed by atoms with Crippen LogP contribution in [0.4, 0.5) is 5.13 Å². The van der Waals surface area contributed by atoms with Crippen LogP contribution in [0.3, 0.4) is 0 Å². The minimum Gasteiger partial charge on any atom is -0.360 e. The molecule has 15 heavy (non-hydrogen) atoms. The van der Waals surface area contributed by atoms with Crippen LogP contribution >= 0.6 is 23.1 Å². The van der Waals surface area contributed by atoms with Gasteiger partial charge in [0.2, 0.25) is 5.13 Å². The van der Waals surface area contributed by atoms with E-state index in [0.717, 1.165) is 36.2 Å². The third-order valence-corrected chi connectivity index (χ3v) is 3.10. The van der Waals surface area contributed by atoms with Crippen LogP contribution in [-0.2, 0) is 6.42 Å². The standard InChI is InChI=1S/C10H18ClN3S/c1-2-9-13-10(15-14-9)12-8-6-4-3-5-7-11/h2-8H2,1H3,(H,12,13,14). The number of halogens is 1. The monoisotopic (exact) mass is 247 g/mol. The zero-order valence-corrected chi connectivity index (χ0v) is 10.7. The van der Waals surface area contributed by atoms with Crippen molar-refractivity contribution in [1.29, 1.82) is 0 Å². The summed E-state index contributed by atoms with van der Waals surface area (Å²) in [7, 11) is 0. The Morgan fingerprint density at radius 2 is 2.07 bits per heavy atom. The van der Waals surface area contributed by atoms with Crippen LogP contribution in [0.2, 0.25) is 0 Å². The lowest BCUT2D eigenvalue weighted by atomic mass is 10.2. The summed E-state index contributed by atoms with van der Waals surface area (Å²) in [5, 5.41) is 4.24. The third-order valence-electron chi connectivity index (χ3n) is 2.12. The van der Waals surface area contributed by atoms with E-state index in [1.807, 2.05) is 0 Å². The molecule has 1 rings (SSSR count). The zero-order valence-electron chi connectivity index (χ0n) is 9.13. The number of hydrogen-bond acceptors (Lipinski definition) is 4. The summed E-state index contributed by atoms with van der Waals surface area (Å²) < 4.78 is 4.21. The van der Waals surface area contributed by atoms with Gasteiger partial charge in [-0.2, -0.15) is 4.37 Å². The van der Waals surface area contributed by atoms with Crippen LogP contribution in [0.5, 0.6) is 0 Å². The van der Waals surface area contributed by atoms with Crippen LogP contribution in [0, 0.1) is 0 Å². The summed E-state index contributed by atoms with van der Waals surface area (Å²) in [6, 6.07) is 0. The Morgan fingerprint density at radius 1 is 1.27 bits per heavy atom. The number of rotatable bonds is 8. The summed E-state index contributed by atoms with van der Waals surface area (Å²) in [6.07, 6.45) is 5.67. The number of alkyl halides is 1. The molecule has 86 valence electrons. The molecule has 0 saturated heterocycles. The Hall–Kier alpha value is -0.350. The fourth-order valence-corrected chi connectivity index (χ4v) is 2.10. The highest BCUT2D eigenvalue weighted by molar-refractivity contribution is 7.09. The van der Waals surface area contributed by atoms with Crippen molar-refractivity contribution in [3.63, 3.8) is 0 Å². The van der Waals surface area contributed by atoms with Crippen molar-refractivity contribution in [2.24, 2.45) is 0 Å². The number of unbranched alkanes of at least 4 members (excludes halogenated alkanes) is 3. The van der Waals surface area contributed by atoms with Crippen molar-refractivity contribution in [3.05, 3.63) is 5.82 Å².